The molecule has 0 spiro atoms. The first kappa shape index (κ1) is 6.34. The minimum Gasteiger partial charge on any atom is -0.353 e. The van der Waals surface area contributed by atoms with Gasteiger partial charge in [0.2, 0.25) is 0 Å². The number of halogens is 1. The van der Waals surface area contributed by atoms with Crippen molar-refractivity contribution in [1.29, 1.82) is 0 Å². The van der Waals surface area contributed by atoms with Crippen molar-refractivity contribution in [2.24, 2.45) is 0 Å². The Bertz CT molecular complexity index is 394. The average Bonchev–Trinajstić information content (AvgIpc) is 2.34. The molecule has 1 aromatic carbocycles. The van der Waals surface area contributed by atoms with Crippen molar-refractivity contribution in [3.05, 3.63) is 29.7 Å². The first-order valence-electron chi connectivity index (χ1n) is 3.29. The van der Waals surface area contributed by atoms with E-state index >= 15 is 0 Å². The van der Waals surface area contributed by atoms with Gasteiger partial charge < -0.3 is 4.52 Å². The Labute approximate surface area is 62.6 Å². The standard InChI is InChI=1S/C8H6FNO/c1-5-3-2-4-6-7(5)8(9)10-11-6/h2-4H,1H3. The zero-order chi connectivity index (χ0) is 7.84. The summed E-state index contributed by atoms with van der Waals surface area (Å²) in [5.41, 5.74) is 1.35. The number of fused-ring (bicyclic) bond motifs is 1. The third-order valence-electron chi connectivity index (χ3n) is 1.66. The Kier molecular flexibility index (Phi) is 1.18. The summed E-state index contributed by atoms with van der Waals surface area (Å²) in [5, 5.41) is 3.69. The predicted octanol–water partition coefficient (Wildman–Crippen LogP) is 2.28. The van der Waals surface area contributed by atoms with Crippen LogP contribution in [0.15, 0.2) is 22.7 Å². The van der Waals surface area contributed by atoms with Crippen LogP contribution in [-0.4, -0.2) is 5.16 Å². The Morgan fingerprint density at radius 3 is 3.00 bits per heavy atom. The fraction of sp³-hybridized carbons (Fsp3) is 0.125. The minimum absolute atomic E-state index is 0.479. The van der Waals surface area contributed by atoms with Crippen LogP contribution < -0.4 is 0 Å². The topological polar surface area (TPSA) is 26.0 Å². The SMILES string of the molecule is Cc1cccc2onc(F)c12. The molecule has 0 fully saturated rings. The number of aromatic nitrogens is 1. The lowest BCUT2D eigenvalue weighted by atomic mass is 10.2. The highest BCUT2D eigenvalue weighted by Gasteiger charge is 2.07. The molecule has 2 rings (SSSR count). The van der Waals surface area contributed by atoms with Crippen molar-refractivity contribution in [2.45, 2.75) is 6.92 Å². The number of rotatable bonds is 0. The molecule has 0 N–H and O–H groups in total. The van der Waals surface area contributed by atoms with Gasteiger partial charge in [0, 0.05) is 0 Å². The molecule has 0 saturated heterocycles. The molecule has 2 nitrogen and oxygen atoms in total. The van der Waals surface area contributed by atoms with Crippen LogP contribution in [0.4, 0.5) is 4.39 Å². The molecule has 0 saturated carbocycles. The van der Waals surface area contributed by atoms with Gasteiger partial charge in [-0.1, -0.05) is 12.1 Å². The van der Waals surface area contributed by atoms with E-state index in [1.807, 2.05) is 19.1 Å². The van der Waals surface area contributed by atoms with Crippen molar-refractivity contribution in [3.63, 3.8) is 0 Å². The van der Waals surface area contributed by atoms with E-state index in [1.54, 1.807) is 6.07 Å². The van der Waals surface area contributed by atoms with Gasteiger partial charge in [-0.05, 0) is 23.7 Å². The average molecular weight is 151 g/mol. The van der Waals surface area contributed by atoms with E-state index < -0.39 is 5.95 Å². The van der Waals surface area contributed by atoms with Crippen molar-refractivity contribution >= 4 is 11.0 Å². The van der Waals surface area contributed by atoms with Gasteiger partial charge in [-0.25, -0.2) is 0 Å². The zero-order valence-electron chi connectivity index (χ0n) is 5.97. The summed E-state index contributed by atoms with van der Waals surface area (Å²) >= 11 is 0. The molecule has 11 heavy (non-hydrogen) atoms. The van der Waals surface area contributed by atoms with Gasteiger partial charge in [0.05, 0.1) is 5.39 Å². The highest BCUT2D eigenvalue weighted by Crippen LogP contribution is 2.20. The van der Waals surface area contributed by atoms with E-state index in [-0.39, 0.29) is 0 Å². The van der Waals surface area contributed by atoms with Crippen LogP contribution in [0.3, 0.4) is 0 Å². The Morgan fingerprint density at radius 1 is 1.45 bits per heavy atom. The predicted molar refractivity (Wildman–Crippen MR) is 38.7 cm³/mol. The van der Waals surface area contributed by atoms with Crippen LogP contribution >= 0.6 is 0 Å². The fourth-order valence-corrected chi connectivity index (χ4v) is 1.12. The molecule has 0 aliphatic rings. The molecular weight excluding hydrogens is 145 g/mol. The van der Waals surface area contributed by atoms with E-state index in [4.69, 9.17) is 4.52 Å². The van der Waals surface area contributed by atoms with Crippen molar-refractivity contribution < 1.29 is 8.91 Å². The molecule has 0 unspecified atom stereocenters. The van der Waals surface area contributed by atoms with Crippen molar-refractivity contribution in [1.82, 2.24) is 5.16 Å². The van der Waals surface area contributed by atoms with Crippen molar-refractivity contribution in [2.75, 3.05) is 0 Å². The highest BCUT2D eigenvalue weighted by atomic mass is 19.1. The Balaban J connectivity index is 2.96. The lowest BCUT2D eigenvalue weighted by Gasteiger charge is -1.89. The van der Waals surface area contributed by atoms with Gasteiger partial charge in [0.15, 0.2) is 5.58 Å². The molecule has 0 bridgehead atoms. The monoisotopic (exact) mass is 151 g/mol. The quantitative estimate of drug-likeness (QED) is 0.577. The normalized spacial score (nSPS) is 10.7. The van der Waals surface area contributed by atoms with Gasteiger partial charge in [0.25, 0.3) is 5.95 Å². The molecule has 2 aromatic rings. The summed E-state index contributed by atoms with van der Waals surface area (Å²) in [4.78, 5) is 0. The lowest BCUT2D eigenvalue weighted by molar-refractivity contribution is 0.400. The van der Waals surface area contributed by atoms with Gasteiger partial charge in [-0.15, -0.1) is 0 Å². The third-order valence-corrected chi connectivity index (χ3v) is 1.66. The largest absolute Gasteiger partial charge is 0.353 e. The molecule has 0 amide bonds. The van der Waals surface area contributed by atoms with Crippen LogP contribution in [0.2, 0.25) is 0 Å². The lowest BCUT2D eigenvalue weighted by Crippen LogP contribution is -1.76. The summed E-state index contributed by atoms with van der Waals surface area (Å²) in [6.07, 6.45) is 0. The molecule has 3 heteroatoms. The Hall–Kier alpha value is -1.38. The van der Waals surface area contributed by atoms with Gasteiger partial charge in [-0.3, -0.25) is 0 Å². The summed E-state index contributed by atoms with van der Waals surface area (Å²) in [5.74, 6) is -0.530. The number of hydrogen-bond acceptors (Lipinski definition) is 2. The Morgan fingerprint density at radius 2 is 2.27 bits per heavy atom. The van der Waals surface area contributed by atoms with E-state index in [9.17, 15) is 4.39 Å². The maximum absolute atomic E-state index is 12.8. The molecule has 56 valence electrons. The van der Waals surface area contributed by atoms with Gasteiger partial charge in [0.1, 0.15) is 0 Å². The second kappa shape index (κ2) is 2.05. The molecule has 1 aromatic heterocycles. The highest BCUT2D eigenvalue weighted by molar-refractivity contribution is 5.79. The summed E-state index contributed by atoms with van der Waals surface area (Å²) in [6.45, 7) is 1.82. The summed E-state index contributed by atoms with van der Waals surface area (Å²) in [7, 11) is 0. The molecule has 1 heterocycles. The first-order chi connectivity index (χ1) is 5.29. The molecule has 0 radical (unpaired) electrons. The molecular formula is C8H6FNO. The van der Waals surface area contributed by atoms with E-state index in [1.165, 1.54) is 0 Å². The van der Waals surface area contributed by atoms with Gasteiger partial charge in [-0.2, -0.15) is 4.39 Å². The number of benzene rings is 1. The van der Waals surface area contributed by atoms with E-state index in [0.717, 1.165) is 5.56 Å². The third kappa shape index (κ3) is 0.808. The van der Waals surface area contributed by atoms with Crippen LogP contribution in [0.5, 0.6) is 0 Å². The molecule has 0 aliphatic heterocycles. The van der Waals surface area contributed by atoms with E-state index in [0.29, 0.717) is 11.0 Å². The number of aryl methyl sites for hydroxylation is 1. The maximum Gasteiger partial charge on any atom is 0.261 e. The van der Waals surface area contributed by atoms with Crippen LogP contribution in [-0.2, 0) is 0 Å². The fourth-order valence-electron chi connectivity index (χ4n) is 1.12. The van der Waals surface area contributed by atoms with Crippen LogP contribution in [0.1, 0.15) is 5.56 Å². The van der Waals surface area contributed by atoms with Gasteiger partial charge >= 0.3 is 0 Å². The smallest absolute Gasteiger partial charge is 0.261 e. The second-order valence-electron chi connectivity index (χ2n) is 2.42. The maximum atomic E-state index is 12.8. The van der Waals surface area contributed by atoms with Crippen LogP contribution in [0.25, 0.3) is 11.0 Å². The number of nitrogens with zero attached hydrogens (tertiary/aromatic N) is 1. The minimum atomic E-state index is -0.530. The van der Waals surface area contributed by atoms with Crippen LogP contribution in [0, 0.1) is 12.9 Å². The van der Waals surface area contributed by atoms with E-state index in [2.05, 4.69) is 5.16 Å². The second-order valence-corrected chi connectivity index (χ2v) is 2.42. The number of hydrogen-bond donors (Lipinski definition) is 0. The zero-order valence-corrected chi connectivity index (χ0v) is 5.97. The van der Waals surface area contributed by atoms with Crippen molar-refractivity contribution in [3.8, 4) is 0 Å². The summed E-state index contributed by atoms with van der Waals surface area (Å²) in [6, 6.07) is 5.32. The molecule has 0 aliphatic carbocycles. The first-order valence-corrected chi connectivity index (χ1v) is 3.29. The summed E-state index contributed by atoms with van der Waals surface area (Å²) < 4.78 is 17.5. The molecule has 0 atom stereocenters.